The first-order chi connectivity index (χ1) is 22.6. The molecule has 0 radical (unpaired) electrons. The van der Waals surface area contributed by atoms with Gasteiger partial charge in [-0.2, -0.15) is 0 Å². The molecule has 6 nitrogen and oxygen atoms in total. The molecule has 0 bridgehead atoms. The van der Waals surface area contributed by atoms with E-state index in [2.05, 4.69) is 44.1 Å². The molecule has 0 atom stereocenters. The molecule has 2 aromatic carbocycles. The minimum absolute atomic E-state index is 0.00871. The Morgan fingerprint density at radius 3 is 1.33 bits per heavy atom. The molecule has 0 amide bonds. The minimum atomic E-state index is -0.461. The number of fused-ring (bicyclic) bond motifs is 2. The fraction of sp³-hybridized carbons (Fsp3) is 0.263. The standard InChI is InChI=1S/C19H18BrNO2S.C19H18FNO2S/c2*1-9-17(11(3)22)19(18(12(4)23)10(2)21-9)15-8-24-16-6-5-13(20)7-14(15)16/h2*5-8,19,21H,1-4H3. The molecule has 0 saturated carbocycles. The van der Waals surface area contributed by atoms with E-state index in [1.807, 2.05) is 39.1 Å². The maximum absolute atomic E-state index is 13.8. The molecule has 4 heterocycles. The highest BCUT2D eigenvalue weighted by atomic mass is 79.9. The van der Waals surface area contributed by atoms with Gasteiger partial charge in [0, 0.05) is 70.8 Å². The molecule has 248 valence electrons. The summed E-state index contributed by atoms with van der Waals surface area (Å²) >= 11 is 6.65. The fourth-order valence-electron chi connectivity index (χ4n) is 6.97. The summed E-state index contributed by atoms with van der Waals surface area (Å²) in [7, 11) is 0. The number of allylic oxidation sites excluding steroid dienone is 8. The van der Waals surface area contributed by atoms with E-state index in [1.54, 1.807) is 31.3 Å². The molecule has 6 rings (SSSR count). The number of benzene rings is 2. The number of thiophene rings is 2. The van der Waals surface area contributed by atoms with Crippen LogP contribution in [0.15, 0.2) is 96.7 Å². The number of ketones is 4. The lowest BCUT2D eigenvalue weighted by molar-refractivity contribution is -0.116. The number of carbonyl (C=O) groups excluding carboxylic acids is 4. The molecular formula is C38H36BrFN2O4S2. The van der Waals surface area contributed by atoms with Crippen molar-refractivity contribution < 1.29 is 23.6 Å². The molecule has 2 aliphatic heterocycles. The number of nitrogens with one attached hydrogen (secondary N) is 2. The Bertz CT molecular complexity index is 1960. The third-order valence-corrected chi connectivity index (χ3v) is 11.2. The SMILES string of the molecule is CC(=O)C1=C(C)NC(C)=C(C(C)=O)C1c1csc2ccc(Br)cc12.CC(=O)C1=C(C)NC(C)=C(C(C)=O)C1c1csc2ccc(F)cc12. The number of dihydropyridines is 2. The number of hydrogen-bond donors (Lipinski definition) is 2. The van der Waals surface area contributed by atoms with E-state index in [0.29, 0.717) is 22.3 Å². The molecule has 0 spiro atoms. The Labute approximate surface area is 295 Å². The van der Waals surface area contributed by atoms with Crippen LogP contribution in [0.25, 0.3) is 20.2 Å². The second kappa shape index (κ2) is 13.9. The van der Waals surface area contributed by atoms with Gasteiger partial charge in [0.2, 0.25) is 0 Å². The Kier molecular flexibility index (Phi) is 10.2. The van der Waals surface area contributed by atoms with Crippen molar-refractivity contribution in [1.82, 2.24) is 10.6 Å². The van der Waals surface area contributed by atoms with Crippen molar-refractivity contribution in [1.29, 1.82) is 0 Å². The zero-order chi connectivity index (χ0) is 35.2. The number of halogens is 2. The van der Waals surface area contributed by atoms with Crippen molar-refractivity contribution in [2.75, 3.05) is 0 Å². The maximum atomic E-state index is 13.8. The monoisotopic (exact) mass is 746 g/mol. The van der Waals surface area contributed by atoms with Gasteiger partial charge in [-0.15, -0.1) is 22.7 Å². The van der Waals surface area contributed by atoms with Crippen LogP contribution in [0.3, 0.4) is 0 Å². The number of Topliss-reactive ketones (excluding diaryl/α,β-unsaturated/α-hetero) is 4. The fourth-order valence-corrected chi connectivity index (χ4v) is 9.26. The zero-order valence-corrected chi connectivity index (χ0v) is 31.2. The van der Waals surface area contributed by atoms with Gasteiger partial charge in [-0.05, 0) is 124 Å². The normalized spacial score (nSPS) is 15.9. The molecule has 0 fully saturated rings. The second-order valence-electron chi connectivity index (χ2n) is 12.2. The van der Waals surface area contributed by atoms with Crippen LogP contribution in [-0.4, -0.2) is 23.1 Å². The average molecular weight is 748 g/mol. The van der Waals surface area contributed by atoms with Gasteiger partial charge in [0.15, 0.2) is 23.1 Å². The van der Waals surface area contributed by atoms with Gasteiger partial charge in [-0.3, -0.25) is 19.2 Å². The van der Waals surface area contributed by atoms with Gasteiger partial charge < -0.3 is 10.6 Å². The second-order valence-corrected chi connectivity index (χ2v) is 14.9. The predicted octanol–water partition coefficient (Wildman–Crippen LogP) is 9.53. The molecule has 2 aliphatic rings. The van der Waals surface area contributed by atoms with Gasteiger partial charge in [-0.25, -0.2) is 4.39 Å². The van der Waals surface area contributed by atoms with Crippen LogP contribution in [-0.2, 0) is 19.2 Å². The quantitative estimate of drug-likeness (QED) is 0.204. The van der Waals surface area contributed by atoms with Gasteiger partial charge >= 0.3 is 0 Å². The van der Waals surface area contributed by atoms with E-state index in [1.165, 1.54) is 37.3 Å². The van der Waals surface area contributed by atoms with Crippen molar-refractivity contribution >= 4 is 81.9 Å². The lowest BCUT2D eigenvalue weighted by Gasteiger charge is -2.30. The topological polar surface area (TPSA) is 92.3 Å². The average Bonchev–Trinajstić information content (AvgIpc) is 3.59. The van der Waals surface area contributed by atoms with Gasteiger partial charge in [-0.1, -0.05) is 15.9 Å². The van der Waals surface area contributed by atoms with E-state index in [4.69, 9.17) is 0 Å². The van der Waals surface area contributed by atoms with Crippen LogP contribution in [0, 0.1) is 5.82 Å². The molecule has 4 aromatic rings. The van der Waals surface area contributed by atoms with E-state index < -0.39 is 5.92 Å². The van der Waals surface area contributed by atoms with Crippen molar-refractivity contribution in [2.45, 2.75) is 67.2 Å². The van der Waals surface area contributed by atoms with Crippen LogP contribution >= 0.6 is 38.6 Å². The predicted molar refractivity (Wildman–Crippen MR) is 197 cm³/mol. The number of hydrogen-bond acceptors (Lipinski definition) is 8. The summed E-state index contributed by atoms with van der Waals surface area (Å²) in [4.78, 5) is 49.3. The minimum Gasteiger partial charge on any atom is -0.362 e. The van der Waals surface area contributed by atoms with E-state index in [0.717, 1.165) is 58.6 Å². The number of carbonyl (C=O) groups is 4. The van der Waals surface area contributed by atoms with Crippen molar-refractivity contribution in [3.05, 3.63) is 114 Å². The van der Waals surface area contributed by atoms with Crippen molar-refractivity contribution in [3.8, 4) is 0 Å². The van der Waals surface area contributed by atoms with Crippen LogP contribution in [0.1, 0.15) is 78.4 Å². The maximum Gasteiger partial charge on any atom is 0.158 e. The molecular weight excluding hydrogens is 711 g/mol. The summed E-state index contributed by atoms with van der Waals surface area (Å²) in [6, 6.07) is 10.7. The highest BCUT2D eigenvalue weighted by Gasteiger charge is 2.36. The summed E-state index contributed by atoms with van der Waals surface area (Å²) in [5, 5.41) is 12.2. The number of rotatable bonds is 6. The summed E-state index contributed by atoms with van der Waals surface area (Å²) < 4.78 is 16.8. The third kappa shape index (κ3) is 6.53. The Hall–Kier alpha value is -3.99. The largest absolute Gasteiger partial charge is 0.362 e. The van der Waals surface area contributed by atoms with Gasteiger partial charge in [0.05, 0.1) is 0 Å². The first kappa shape index (κ1) is 35.3. The van der Waals surface area contributed by atoms with E-state index in [-0.39, 0.29) is 34.9 Å². The summed E-state index contributed by atoms with van der Waals surface area (Å²) in [6.07, 6.45) is 0. The first-order valence-electron chi connectivity index (χ1n) is 15.4. The van der Waals surface area contributed by atoms with Crippen LogP contribution in [0.4, 0.5) is 4.39 Å². The molecule has 0 unspecified atom stereocenters. The van der Waals surface area contributed by atoms with Crippen molar-refractivity contribution in [3.63, 3.8) is 0 Å². The molecule has 10 heteroatoms. The molecule has 48 heavy (non-hydrogen) atoms. The van der Waals surface area contributed by atoms with Crippen LogP contribution in [0.5, 0.6) is 0 Å². The van der Waals surface area contributed by atoms with Crippen LogP contribution in [0.2, 0.25) is 0 Å². The van der Waals surface area contributed by atoms with E-state index in [9.17, 15) is 23.6 Å². The molecule has 0 aliphatic carbocycles. The highest BCUT2D eigenvalue weighted by Crippen LogP contribution is 2.45. The van der Waals surface area contributed by atoms with E-state index >= 15 is 0 Å². The van der Waals surface area contributed by atoms with Crippen LogP contribution < -0.4 is 10.6 Å². The smallest absolute Gasteiger partial charge is 0.158 e. The third-order valence-electron chi connectivity index (χ3n) is 8.79. The Morgan fingerprint density at radius 1 is 0.604 bits per heavy atom. The lowest BCUT2D eigenvalue weighted by Crippen LogP contribution is -2.29. The molecule has 2 aromatic heterocycles. The zero-order valence-electron chi connectivity index (χ0n) is 28.0. The Morgan fingerprint density at radius 2 is 0.958 bits per heavy atom. The summed E-state index contributed by atoms with van der Waals surface area (Å²) in [5.41, 5.74) is 7.43. The molecule has 2 N–H and O–H groups in total. The van der Waals surface area contributed by atoms with Gasteiger partial charge in [0.1, 0.15) is 5.82 Å². The lowest BCUT2D eigenvalue weighted by atomic mass is 9.77. The molecule has 0 saturated heterocycles. The van der Waals surface area contributed by atoms with Crippen molar-refractivity contribution in [2.24, 2.45) is 0 Å². The van der Waals surface area contributed by atoms with Gasteiger partial charge in [0.25, 0.3) is 0 Å². The summed E-state index contributed by atoms with van der Waals surface area (Å²) in [5.74, 6) is -1.30. The summed E-state index contributed by atoms with van der Waals surface area (Å²) in [6.45, 7) is 13.6. The highest BCUT2D eigenvalue weighted by molar-refractivity contribution is 9.10. The Balaban J connectivity index is 0.000000188. The first-order valence-corrected chi connectivity index (χ1v) is 17.9.